The van der Waals surface area contributed by atoms with Gasteiger partial charge in [0.1, 0.15) is 0 Å². The van der Waals surface area contributed by atoms with Gasteiger partial charge in [-0.3, -0.25) is 16.6 Å². The molecule has 0 aliphatic rings. The summed E-state index contributed by atoms with van der Waals surface area (Å²) in [5.74, 6) is 8.00. The third-order valence-corrected chi connectivity index (χ3v) is 4.01. The molecule has 0 aliphatic heterocycles. The standard InChI is InChI=1S/C18H39N.H4N2/c1-6-8-10-11-12-13-14-15-17-19(16-9-7-2)18(3,4)5;1-2/h6-17H2,1-5H3;1-2H2. The maximum absolute atomic E-state index is 4.00. The molecule has 3 nitrogen and oxygen atoms in total. The van der Waals surface area contributed by atoms with E-state index in [-0.39, 0.29) is 0 Å². The zero-order valence-corrected chi connectivity index (χ0v) is 15.6. The van der Waals surface area contributed by atoms with E-state index in [1.165, 1.54) is 77.3 Å². The highest BCUT2D eigenvalue weighted by Crippen LogP contribution is 2.16. The zero-order chi connectivity index (χ0) is 16.6. The largest absolute Gasteiger partial charge is 0.298 e. The third kappa shape index (κ3) is 16.1. The van der Waals surface area contributed by atoms with Crippen LogP contribution in [0.5, 0.6) is 0 Å². The average Bonchev–Trinajstić information content (AvgIpc) is 2.45. The lowest BCUT2D eigenvalue weighted by Crippen LogP contribution is -2.42. The molecule has 0 atom stereocenters. The van der Waals surface area contributed by atoms with E-state index in [4.69, 9.17) is 0 Å². The van der Waals surface area contributed by atoms with Gasteiger partial charge in [0.25, 0.3) is 0 Å². The van der Waals surface area contributed by atoms with E-state index in [1.54, 1.807) is 0 Å². The van der Waals surface area contributed by atoms with Gasteiger partial charge in [0, 0.05) is 5.54 Å². The van der Waals surface area contributed by atoms with Crippen molar-refractivity contribution in [1.82, 2.24) is 4.90 Å². The van der Waals surface area contributed by atoms with Crippen molar-refractivity contribution in [3.63, 3.8) is 0 Å². The highest BCUT2D eigenvalue weighted by molar-refractivity contribution is 4.75. The minimum absolute atomic E-state index is 0.344. The van der Waals surface area contributed by atoms with E-state index < -0.39 is 0 Å². The Morgan fingerprint density at radius 1 is 0.619 bits per heavy atom. The number of nitrogens with zero attached hydrogens (tertiary/aromatic N) is 1. The van der Waals surface area contributed by atoms with Gasteiger partial charge in [0.05, 0.1) is 0 Å². The molecule has 0 heterocycles. The van der Waals surface area contributed by atoms with Crippen LogP contribution in [0.4, 0.5) is 0 Å². The fraction of sp³-hybridized carbons (Fsp3) is 1.00. The molecule has 130 valence electrons. The Balaban J connectivity index is 0. The van der Waals surface area contributed by atoms with Gasteiger partial charge >= 0.3 is 0 Å². The van der Waals surface area contributed by atoms with Crippen LogP contribution in [0, 0.1) is 0 Å². The number of rotatable bonds is 12. The van der Waals surface area contributed by atoms with Crippen molar-refractivity contribution in [1.29, 1.82) is 0 Å². The summed E-state index contributed by atoms with van der Waals surface area (Å²) in [6, 6.07) is 0. The van der Waals surface area contributed by atoms with Crippen LogP contribution in [0.3, 0.4) is 0 Å². The molecule has 0 rings (SSSR count). The number of hydrazine groups is 1. The topological polar surface area (TPSA) is 55.3 Å². The van der Waals surface area contributed by atoms with Gasteiger partial charge in [-0.15, -0.1) is 0 Å². The second kappa shape index (κ2) is 16.3. The fourth-order valence-corrected chi connectivity index (χ4v) is 2.57. The monoisotopic (exact) mass is 301 g/mol. The summed E-state index contributed by atoms with van der Waals surface area (Å²) in [7, 11) is 0. The molecule has 0 amide bonds. The Hall–Kier alpha value is -0.120. The van der Waals surface area contributed by atoms with Crippen molar-refractivity contribution in [2.24, 2.45) is 11.7 Å². The minimum atomic E-state index is 0.344. The summed E-state index contributed by atoms with van der Waals surface area (Å²) in [6.07, 6.45) is 14.0. The first-order valence-electron chi connectivity index (χ1n) is 9.10. The molecule has 0 radical (unpaired) electrons. The quantitative estimate of drug-likeness (QED) is 0.308. The van der Waals surface area contributed by atoms with E-state index >= 15 is 0 Å². The van der Waals surface area contributed by atoms with Crippen molar-refractivity contribution in [2.75, 3.05) is 13.1 Å². The molecule has 4 N–H and O–H groups in total. The number of nitrogens with two attached hydrogens (primary N) is 2. The van der Waals surface area contributed by atoms with Crippen LogP contribution in [0.15, 0.2) is 0 Å². The first-order chi connectivity index (χ1) is 10.0. The molecule has 0 aromatic carbocycles. The van der Waals surface area contributed by atoms with Crippen molar-refractivity contribution >= 4 is 0 Å². The summed E-state index contributed by atoms with van der Waals surface area (Å²) >= 11 is 0. The van der Waals surface area contributed by atoms with Crippen LogP contribution in [0.25, 0.3) is 0 Å². The third-order valence-electron chi connectivity index (χ3n) is 4.01. The van der Waals surface area contributed by atoms with Crippen LogP contribution in [-0.2, 0) is 0 Å². The van der Waals surface area contributed by atoms with Crippen LogP contribution in [0.2, 0.25) is 0 Å². The van der Waals surface area contributed by atoms with Crippen molar-refractivity contribution in [2.45, 2.75) is 104 Å². The highest BCUT2D eigenvalue weighted by atomic mass is 15.2. The van der Waals surface area contributed by atoms with E-state index in [0.29, 0.717) is 5.54 Å². The van der Waals surface area contributed by atoms with E-state index in [2.05, 4.69) is 51.2 Å². The molecular formula is C18H43N3. The number of unbranched alkanes of at least 4 members (excludes halogenated alkanes) is 8. The van der Waals surface area contributed by atoms with Gasteiger partial charge in [-0.05, 0) is 46.7 Å². The van der Waals surface area contributed by atoms with Gasteiger partial charge < -0.3 is 0 Å². The van der Waals surface area contributed by atoms with E-state index in [0.717, 1.165) is 0 Å². The lowest BCUT2D eigenvalue weighted by molar-refractivity contribution is 0.131. The molecule has 3 heteroatoms. The Kier molecular flexibility index (Phi) is 17.9. The number of hydrogen-bond donors (Lipinski definition) is 2. The first kappa shape index (κ1) is 23.2. The van der Waals surface area contributed by atoms with Gasteiger partial charge in [0.2, 0.25) is 0 Å². The van der Waals surface area contributed by atoms with Crippen molar-refractivity contribution < 1.29 is 0 Å². The number of hydrogen-bond acceptors (Lipinski definition) is 3. The van der Waals surface area contributed by atoms with Gasteiger partial charge in [-0.25, -0.2) is 0 Å². The molecule has 0 spiro atoms. The Morgan fingerprint density at radius 3 is 1.43 bits per heavy atom. The SMILES string of the molecule is CCCCCCCCCCN(CCCC)C(C)(C)C.NN. The van der Waals surface area contributed by atoms with E-state index in [9.17, 15) is 0 Å². The average molecular weight is 302 g/mol. The highest BCUT2D eigenvalue weighted by Gasteiger charge is 2.19. The lowest BCUT2D eigenvalue weighted by atomic mass is 10.0. The lowest BCUT2D eigenvalue weighted by Gasteiger charge is -2.35. The molecule has 0 fully saturated rings. The van der Waals surface area contributed by atoms with Crippen molar-refractivity contribution in [3.05, 3.63) is 0 Å². The van der Waals surface area contributed by atoms with Crippen LogP contribution < -0.4 is 11.7 Å². The van der Waals surface area contributed by atoms with Gasteiger partial charge in [-0.2, -0.15) is 0 Å². The van der Waals surface area contributed by atoms with Crippen LogP contribution >= 0.6 is 0 Å². The predicted octanol–water partition coefficient (Wildman–Crippen LogP) is 4.85. The van der Waals surface area contributed by atoms with Gasteiger partial charge in [0.15, 0.2) is 0 Å². The second-order valence-electron chi connectivity index (χ2n) is 6.99. The Morgan fingerprint density at radius 2 is 1.00 bits per heavy atom. The molecular weight excluding hydrogens is 258 g/mol. The van der Waals surface area contributed by atoms with Crippen LogP contribution in [0.1, 0.15) is 98.8 Å². The molecule has 0 saturated carbocycles. The molecule has 0 unspecified atom stereocenters. The summed E-state index contributed by atoms with van der Waals surface area (Å²) < 4.78 is 0. The Labute approximate surface area is 134 Å². The zero-order valence-electron chi connectivity index (χ0n) is 15.6. The van der Waals surface area contributed by atoms with Crippen LogP contribution in [-0.4, -0.2) is 23.5 Å². The summed E-state index contributed by atoms with van der Waals surface area (Å²) in [6.45, 7) is 14.2. The second-order valence-corrected chi connectivity index (χ2v) is 6.99. The summed E-state index contributed by atoms with van der Waals surface area (Å²) in [5.41, 5.74) is 0.344. The van der Waals surface area contributed by atoms with Gasteiger partial charge in [-0.1, -0.05) is 65.2 Å². The summed E-state index contributed by atoms with van der Waals surface area (Å²) in [4.78, 5) is 2.67. The minimum Gasteiger partial charge on any atom is -0.298 e. The Bertz CT molecular complexity index is 187. The van der Waals surface area contributed by atoms with E-state index in [1.807, 2.05) is 0 Å². The smallest absolute Gasteiger partial charge is 0.0125 e. The molecule has 0 aliphatic carbocycles. The maximum Gasteiger partial charge on any atom is 0.0125 e. The van der Waals surface area contributed by atoms with Crippen molar-refractivity contribution in [3.8, 4) is 0 Å². The molecule has 0 aromatic rings. The molecule has 0 bridgehead atoms. The maximum atomic E-state index is 4.00. The molecule has 0 saturated heterocycles. The predicted molar refractivity (Wildman–Crippen MR) is 97.2 cm³/mol. The first-order valence-corrected chi connectivity index (χ1v) is 9.10. The molecule has 21 heavy (non-hydrogen) atoms. The normalized spacial score (nSPS) is 11.4. The molecule has 0 aromatic heterocycles. The summed E-state index contributed by atoms with van der Waals surface area (Å²) in [5, 5.41) is 0. The fourth-order valence-electron chi connectivity index (χ4n) is 2.57.